The summed E-state index contributed by atoms with van der Waals surface area (Å²) in [6.45, 7) is 3.17. The van der Waals surface area contributed by atoms with Crippen LogP contribution in [0.5, 0.6) is 0 Å². The molecule has 1 aliphatic rings. The molecule has 21 heavy (non-hydrogen) atoms. The number of aliphatic hydroxyl groups is 3. The first-order chi connectivity index (χ1) is 9.90. The number of hydrogen-bond acceptors (Lipinski definition) is 8. The van der Waals surface area contributed by atoms with Crippen LogP contribution in [0.3, 0.4) is 0 Å². The van der Waals surface area contributed by atoms with Crippen LogP contribution in [0.25, 0.3) is 11.2 Å². The topological polar surface area (TPSA) is 140 Å². The van der Waals surface area contributed by atoms with Gasteiger partial charge in [0.15, 0.2) is 17.7 Å². The summed E-state index contributed by atoms with van der Waals surface area (Å²) in [4.78, 5) is 12.4. The lowest BCUT2D eigenvalue weighted by molar-refractivity contribution is -0.0777. The lowest BCUT2D eigenvalue weighted by Crippen LogP contribution is -2.37. The maximum absolute atomic E-state index is 10.1. The average Bonchev–Trinajstić information content (AvgIpc) is 2.93. The van der Waals surface area contributed by atoms with E-state index in [2.05, 4.69) is 15.0 Å². The molecule has 0 aliphatic carbocycles. The van der Waals surface area contributed by atoms with Crippen molar-refractivity contribution in [1.82, 2.24) is 19.5 Å². The highest BCUT2D eigenvalue weighted by atomic mass is 16.6. The quantitative estimate of drug-likeness (QED) is 0.537. The average molecular weight is 295 g/mol. The summed E-state index contributed by atoms with van der Waals surface area (Å²) < 4.78 is 7.03. The molecule has 2 aromatic heterocycles. The molecule has 5 atom stereocenters. The van der Waals surface area contributed by atoms with Crippen molar-refractivity contribution in [2.24, 2.45) is 0 Å². The summed E-state index contributed by atoms with van der Waals surface area (Å²) >= 11 is 0. The molecule has 9 heteroatoms. The van der Waals surface area contributed by atoms with Gasteiger partial charge < -0.3 is 25.8 Å². The van der Waals surface area contributed by atoms with Gasteiger partial charge in [-0.1, -0.05) is 0 Å². The Balaban J connectivity index is 2.05. The van der Waals surface area contributed by atoms with Gasteiger partial charge in [0.25, 0.3) is 0 Å². The third kappa shape index (κ3) is 2.14. The van der Waals surface area contributed by atoms with Crippen LogP contribution in [0.1, 0.15) is 19.0 Å². The van der Waals surface area contributed by atoms with Crippen molar-refractivity contribution < 1.29 is 20.1 Å². The number of rotatable bonds is 2. The van der Waals surface area contributed by atoms with Gasteiger partial charge in [0, 0.05) is 0 Å². The maximum Gasteiger partial charge on any atom is 0.167 e. The summed E-state index contributed by atoms with van der Waals surface area (Å²) in [7, 11) is 0. The predicted octanol–water partition coefficient (Wildman–Crippen LogP) is -1.28. The van der Waals surface area contributed by atoms with Crippen LogP contribution in [0.15, 0.2) is 6.33 Å². The first-order valence-electron chi connectivity index (χ1n) is 6.56. The van der Waals surface area contributed by atoms with Crippen LogP contribution in [-0.2, 0) is 4.74 Å². The summed E-state index contributed by atoms with van der Waals surface area (Å²) in [6, 6.07) is 0. The fraction of sp³-hybridized carbons (Fsp3) is 0.583. The normalized spacial score (nSPS) is 30.9. The fourth-order valence-corrected chi connectivity index (χ4v) is 2.55. The van der Waals surface area contributed by atoms with Gasteiger partial charge in [-0.05, 0) is 13.8 Å². The lowest BCUT2D eigenvalue weighted by atomic mass is 10.1. The third-order valence-corrected chi connectivity index (χ3v) is 3.59. The number of anilines is 1. The summed E-state index contributed by atoms with van der Waals surface area (Å²) in [5.74, 6) is 0.693. The van der Waals surface area contributed by atoms with Crippen LogP contribution in [0.2, 0.25) is 0 Å². The van der Waals surface area contributed by atoms with Crippen LogP contribution in [0.4, 0.5) is 5.82 Å². The zero-order valence-electron chi connectivity index (χ0n) is 11.6. The number of aromatic nitrogens is 4. The Kier molecular flexibility index (Phi) is 3.29. The Hall–Kier alpha value is -1.81. The molecule has 9 nitrogen and oxygen atoms in total. The standard InChI is InChI=1S/C12H17N5O4/c1-4(18)9-7(19)8(20)12(21-9)17-3-14-6-10(13)15-5(2)16-11(6)17/h3-4,7-9,12,18-20H,1-2H3,(H2,13,15,16)/t4?,7-,8+,9+,12+/m0/s1. The molecular weight excluding hydrogens is 278 g/mol. The molecular formula is C12H17N5O4. The minimum atomic E-state index is -1.21. The Morgan fingerprint density at radius 3 is 2.67 bits per heavy atom. The highest BCUT2D eigenvalue weighted by Crippen LogP contribution is 2.33. The molecule has 1 unspecified atom stereocenters. The van der Waals surface area contributed by atoms with Crippen LogP contribution in [-0.4, -0.2) is 59.3 Å². The minimum Gasteiger partial charge on any atom is -0.391 e. The number of nitrogens with zero attached hydrogens (tertiary/aromatic N) is 4. The van der Waals surface area contributed by atoms with E-state index in [1.807, 2.05) is 0 Å². The maximum atomic E-state index is 10.1. The minimum absolute atomic E-state index is 0.233. The number of fused-ring (bicyclic) bond motifs is 1. The van der Waals surface area contributed by atoms with Crippen LogP contribution < -0.4 is 5.73 Å². The fourth-order valence-electron chi connectivity index (χ4n) is 2.55. The molecule has 0 bridgehead atoms. The molecule has 0 amide bonds. The number of nitrogen functional groups attached to an aromatic ring is 1. The molecule has 0 radical (unpaired) electrons. The summed E-state index contributed by atoms with van der Waals surface area (Å²) in [5.41, 5.74) is 6.59. The van der Waals surface area contributed by atoms with E-state index in [-0.39, 0.29) is 5.82 Å². The molecule has 2 aromatic rings. The van der Waals surface area contributed by atoms with Gasteiger partial charge in [0.2, 0.25) is 0 Å². The van der Waals surface area contributed by atoms with E-state index in [4.69, 9.17) is 10.5 Å². The van der Waals surface area contributed by atoms with E-state index in [9.17, 15) is 15.3 Å². The van der Waals surface area contributed by atoms with Crippen molar-refractivity contribution in [2.45, 2.75) is 44.5 Å². The second-order valence-corrected chi connectivity index (χ2v) is 5.19. The Bertz CT molecular complexity index is 673. The van der Waals surface area contributed by atoms with E-state index in [0.717, 1.165) is 0 Å². The number of nitrogens with two attached hydrogens (primary N) is 1. The molecule has 1 aliphatic heterocycles. The molecule has 5 N–H and O–H groups in total. The number of imidazole rings is 1. The van der Waals surface area contributed by atoms with Crippen molar-refractivity contribution in [3.63, 3.8) is 0 Å². The monoisotopic (exact) mass is 295 g/mol. The lowest BCUT2D eigenvalue weighted by Gasteiger charge is -2.17. The largest absolute Gasteiger partial charge is 0.391 e. The predicted molar refractivity (Wildman–Crippen MR) is 72.1 cm³/mol. The number of ether oxygens (including phenoxy) is 1. The van der Waals surface area contributed by atoms with E-state index in [0.29, 0.717) is 17.0 Å². The van der Waals surface area contributed by atoms with Gasteiger partial charge in [-0.15, -0.1) is 0 Å². The molecule has 3 heterocycles. The van der Waals surface area contributed by atoms with Gasteiger partial charge in [-0.25, -0.2) is 15.0 Å². The molecule has 1 fully saturated rings. The zero-order chi connectivity index (χ0) is 15.3. The summed E-state index contributed by atoms with van der Waals surface area (Å²) in [6.07, 6.45) is -3.71. The van der Waals surface area contributed by atoms with Crippen molar-refractivity contribution in [2.75, 3.05) is 5.73 Å². The van der Waals surface area contributed by atoms with E-state index >= 15 is 0 Å². The zero-order valence-corrected chi connectivity index (χ0v) is 11.6. The van der Waals surface area contributed by atoms with Gasteiger partial charge in [0.05, 0.1) is 12.4 Å². The van der Waals surface area contributed by atoms with Crippen molar-refractivity contribution in [3.05, 3.63) is 12.2 Å². The number of aryl methyl sites for hydroxylation is 1. The van der Waals surface area contributed by atoms with Gasteiger partial charge in [0.1, 0.15) is 29.7 Å². The molecule has 3 rings (SSSR count). The first kappa shape index (κ1) is 14.1. The van der Waals surface area contributed by atoms with E-state index < -0.39 is 30.6 Å². The Labute approximate surface area is 120 Å². The number of hydrogen-bond donors (Lipinski definition) is 4. The molecule has 0 aromatic carbocycles. The summed E-state index contributed by atoms with van der Waals surface area (Å²) in [5, 5.41) is 29.7. The number of aliphatic hydroxyl groups excluding tert-OH is 3. The van der Waals surface area contributed by atoms with Crippen molar-refractivity contribution >= 4 is 17.0 Å². The van der Waals surface area contributed by atoms with Crippen LogP contribution >= 0.6 is 0 Å². The molecule has 0 spiro atoms. The second kappa shape index (κ2) is 4.88. The molecule has 114 valence electrons. The highest BCUT2D eigenvalue weighted by Gasteiger charge is 2.46. The highest BCUT2D eigenvalue weighted by molar-refractivity contribution is 5.81. The SMILES string of the molecule is Cc1nc(N)c2ncn([C@@H]3O[C@H](C(C)O)[C@@H](O)[C@H]3O)c2n1. The van der Waals surface area contributed by atoms with Gasteiger partial charge in [-0.3, -0.25) is 4.57 Å². The second-order valence-electron chi connectivity index (χ2n) is 5.19. The third-order valence-electron chi connectivity index (χ3n) is 3.59. The van der Waals surface area contributed by atoms with E-state index in [1.54, 1.807) is 6.92 Å². The first-order valence-corrected chi connectivity index (χ1v) is 6.56. The van der Waals surface area contributed by atoms with Gasteiger partial charge >= 0.3 is 0 Å². The van der Waals surface area contributed by atoms with Crippen molar-refractivity contribution in [3.8, 4) is 0 Å². The van der Waals surface area contributed by atoms with E-state index in [1.165, 1.54) is 17.8 Å². The van der Waals surface area contributed by atoms with Gasteiger partial charge in [-0.2, -0.15) is 0 Å². The Morgan fingerprint density at radius 2 is 2.05 bits per heavy atom. The Morgan fingerprint density at radius 1 is 1.33 bits per heavy atom. The molecule has 0 saturated carbocycles. The smallest absolute Gasteiger partial charge is 0.167 e. The molecule has 1 saturated heterocycles. The van der Waals surface area contributed by atoms with Crippen LogP contribution in [0, 0.1) is 6.92 Å². The van der Waals surface area contributed by atoms with Crippen molar-refractivity contribution in [1.29, 1.82) is 0 Å².